The number of hydrogen-bond acceptors (Lipinski definition) is 4. The summed E-state index contributed by atoms with van der Waals surface area (Å²) in [6, 6.07) is 6.36. The maximum atomic E-state index is 9.74. The number of fused-ring (bicyclic) bond motifs is 1. The average Bonchev–Trinajstić information content (AvgIpc) is 2.97. The molecule has 1 aromatic carbocycles. The maximum Gasteiger partial charge on any atom is 0.134 e. The van der Waals surface area contributed by atoms with Gasteiger partial charge in [0.05, 0.1) is 12.6 Å². The van der Waals surface area contributed by atoms with Gasteiger partial charge in [-0.3, -0.25) is 0 Å². The summed E-state index contributed by atoms with van der Waals surface area (Å²) < 4.78 is 5.85. The van der Waals surface area contributed by atoms with Gasteiger partial charge in [0, 0.05) is 30.9 Å². The molecule has 0 radical (unpaired) electrons. The molecule has 3 N–H and O–H groups in total. The van der Waals surface area contributed by atoms with Gasteiger partial charge in [-0.25, -0.2) is 0 Å². The van der Waals surface area contributed by atoms with Crippen LogP contribution in [0.1, 0.15) is 16.9 Å². The summed E-state index contributed by atoms with van der Waals surface area (Å²) in [6.45, 7) is 7.32. The van der Waals surface area contributed by atoms with Crippen LogP contribution in [-0.4, -0.2) is 30.8 Å². The number of hydrogen-bond donors (Lipinski definition) is 3. The summed E-state index contributed by atoms with van der Waals surface area (Å²) in [5.41, 5.74) is 3.50. The fourth-order valence-electron chi connectivity index (χ4n) is 2.75. The van der Waals surface area contributed by atoms with Crippen molar-refractivity contribution in [1.82, 2.24) is 10.6 Å². The van der Waals surface area contributed by atoms with Crippen molar-refractivity contribution in [2.24, 2.45) is 5.92 Å². The van der Waals surface area contributed by atoms with Gasteiger partial charge in [-0.1, -0.05) is 0 Å². The second kappa shape index (κ2) is 5.56. The van der Waals surface area contributed by atoms with Crippen LogP contribution < -0.4 is 10.6 Å². The number of rotatable bonds is 4. The van der Waals surface area contributed by atoms with E-state index in [1.54, 1.807) is 0 Å². The number of benzene rings is 1. The van der Waals surface area contributed by atoms with E-state index >= 15 is 0 Å². The van der Waals surface area contributed by atoms with Crippen LogP contribution in [0.4, 0.5) is 0 Å². The molecule has 2 unspecified atom stereocenters. The van der Waals surface area contributed by atoms with Crippen LogP contribution in [0.25, 0.3) is 11.0 Å². The number of furan rings is 1. The first-order chi connectivity index (χ1) is 9.63. The fourth-order valence-corrected chi connectivity index (χ4v) is 2.75. The molecular formula is C16H22N2O2. The third-order valence-corrected chi connectivity index (χ3v) is 4.19. The van der Waals surface area contributed by atoms with E-state index in [0.29, 0.717) is 19.0 Å². The van der Waals surface area contributed by atoms with E-state index in [1.165, 1.54) is 11.1 Å². The predicted molar refractivity (Wildman–Crippen MR) is 79.8 cm³/mol. The lowest BCUT2D eigenvalue weighted by Gasteiger charge is -2.13. The molecule has 2 atom stereocenters. The average molecular weight is 274 g/mol. The zero-order valence-corrected chi connectivity index (χ0v) is 12.1. The molecule has 0 aliphatic carbocycles. The van der Waals surface area contributed by atoms with Crippen LogP contribution in [0.2, 0.25) is 0 Å². The molecule has 1 aliphatic rings. The molecule has 0 saturated carbocycles. The minimum Gasteiger partial charge on any atom is -0.460 e. The molecule has 4 heteroatoms. The molecule has 108 valence electrons. The van der Waals surface area contributed by atoms with Gasteiger partial charge in [0.1, 0.15) is 11.3 Å². The Morgan fingerprint density at radius 3 is 2.80 bits per heavy atom. The first-order valence-corrected chi connectivity index (χ1v) is 7.22. The molecule has 0 amide bonds. The first kappa shape index (κ1) is 13.6. The largest absolute Gasteiger partial charge is 0.460 e. The van der Waals surface area contributed by atoms with Crippen LogP contribution in [0, 0.1) is 19.8 Å². The van der Waals surface area contributed by atoms with Gasteiger partial charge in [0.15, 0.2) is 0 Å². The second-order valence-electron chi connectivity index (χ2n) is 5.80. The summed E-state index contributed by atoms with van der Waals surface area (Å²) in [4.78, 5) is 0. The lowest BCUT2D eigenvalue weighted by atomic mass is 10.1. The molecule has 2 aromatic rings. The highest BCUT2D eigenvalue weighted by Crippen LogP contribution is 2.23. The van der Waals surface area contributed by atoms with Gasteiger partial charge in [-0.15, -0.1) is 0 Å². The Morgan fingerprint density at radius 2 is 2.05 bits per heavy atom. The van der Waals surface area contributed by atoms with E-state index in [2.05, 4.69) is 42.7 Å². The number of nitrogens with one attached hydrogen (secondary N) is 2. The summed E-state index contributed by atoms with van der Waals surface area (Å²) >= 11 is 0. The first-order valence-electron chi connectivity index (χ1n) is 7.22. The van der Waals surface area contributed by atoms with E-state index in [9.17, 15) is 5.11 Å². The van der Waals surface area contributed by atoms with Crippen LogP contribution >= 0.6 is 0 Å². The normalized spacial score (nSPS) is 22.8. The molecule has 1 saturated heterocycles. The Hall–Kier alpha value is -1.36. The van der Waals surface area contributed by atoms with Crippen molar-refractivity contribution >= 4 is 11.0 Å². The molecule has 4 nitrogen and oxygen atoms in total. The Labute approximate surface area is 119 Å². The van der Waals surface area contributed by atoms with Crippen LogP contribution in [-0.2, 0) is 6.54 Å². The Bertz CT molecular complexity index is 567. The highest BCUT2D eigenvalue weighted by atomic mass is 16.3. The van der Waals surface area contributed by atoms with E-state index < -0.39 is 0 Å². The van der Waals surface area contributed by atoms with Gasteiger partial charge in [0.25, 0.3) is 0 Å². The minimum absolute atomic E-state index is 0.233. The smallest absolute Gasteiger partial charge is 0.134 e. The van der Waals surface area contributed by atoms with Crippen molar-refractivity contribution in [3.05, 3.63) is 35.1 Å². The van der Waals surface area contributed by atoms with Gasteiger partial charge in [-0.2, -0.15) is 0 Å². The summed E-state index contributed by atoms with van der Waals surface area (Å²) in [6.07, 6.45) is -0.233. The molecule has 1 aromatic heterocycles. The summed E-state index contributed by atoms with van der Waals surface area (Å²) in [5.74, 6) is 1.24. The molecule has 0 bridgehead atoms. The molecule has 3 rings (SSSR count). The Morgan fingerprint density at radius 1 is 1.25 bits per heavy atom. The van der Waals surface area contributed by atoms with Crippen molar-refractivity contribution in [2.75, 3.05) is 19.6 Å². The molecular weight excluding hydrogens is 252 g/mol. The zero-order valence-electron chi connectivity index (χ0n) is 12.1. The van der Waals surface area contributed by atoms with Crippen molar-refractivity contribution in [3.63, 3.8) is 0 Å². The van der Waals surface area contributed by atoms with Crippen molar-refractivity contribution < 1.29 is 9.52 Å². The Kier molecular flexibility index (Phi) is 3.78. The maximum absolute atomic E-state index is 9.74. The monoisotopic (exact) mass is 274 g/mol. The van der Waals surface area contributed by atoms with Crippen LogP contribution in [0.15, 0.2) is 22.6 Å². The van der Waals surface area contributed by atoms with Crippen LogP contribution in [0.3, 0.4) is 0 Å². The van der Waals surface area contributed by atoms with Crippen molar-refractivity contribution in [1.29, 1.82) is 0 Å². The molecule has 1 aliphatic heterocycles. The zero-order chi connectivity index (χ0) is 14.1. The van der Waals surface area contributed by atoms with Gasteiger partial charge in [-0.05, 0) is 43.2 Å². The van der Waals surface area contributed by atoms with Gasteiger partial charge in [0.2, 0.25) is 0 Å². The molecule has 2 heterocycles. The van der Waals surface area contributed by atoms with E-state index in [0.717, 1.165) is 29.8 Å². The highest BCUT2D eigenvalue weighted by Gasteiger charge is 2.24. The third kappa shape index (κ3) is 2.73. The number of aryl methyl sites for hydroxylation is 2. The van der Waals surface area contributed by atoms with Gasteiger partial charge < -0.3 is 20.2 Å². The number of aliphatic hydroxyl groups is 1. The lowest BCUT2D eigenvalue weighted by molar-refractivity contribution is 0.146. The molecule has 0 spiro atoms. The summed E-state index contributed by atoms with van der Waals surface area (Å²) in [5, 5.41) is 17.5. The quantitative estimate of drug-likeness (QED) is 0.794. The van der Waals surface area contributed by atoms with Crippen molar-refractivity contribution in [2.45, 2.75) is 26.5 Å². The SMILES string of the molecule is Cc1cc2cc(CNCC3CNCC3O)oc2cc1C. The minimum atomic E-state index is -0.233. The molecule has 1 fully saturated rings. The standard InChI is InChI=1S/C16H22N2O2/c1-10-3-12-5-14(20-16(12)4-11(10)2)8-17-6-13-7-18-9-15(13)19/h3-5,13,15,17-19H,6-9H2,1-2H3. The van der Waals surface area contributed by atoms with Gasteiger partial charge >= 0.3 is 0 Å². The fraction of sp³-hybridized carbons (Fsp3) is 0.500. The van der Waals surface area contributed by atoms with E-state index in [-0.39, 0.29) is 6.10 Å². The number of aliphatic hydroxyl groups excluding tert-OH is 1. The highest BCUT2D eigenvalue weighted by molar-refractivity contribution is 5.79. The second-order valence-corrected chi connectivity index (χ2v) is 5.80. The van der Waals surface area contributed by atoms with E-state index in [4.69, 9.17) is 4.42 Å². The lowest BCUT2D eigenvalue weighted by Crippen LogP contribution is -2.30. The third-order valence-electron chi connectivity index (χ3n) is 4.19. The number of β-amino-alcohol motifs (C(OH)–C–C–N with tert-alkyl or cyclic N) is 1. The summed E-state index contributed by atoms with van der Waals surface area (Å²) in [7, 11) is 0. The van der Waals surface area contributed by atoms with Crippen molar-refractivity contribution in [3.8, 4) is 0 Å². The topological polar surface area (TPSA) is 57.4 Å². The van der Waals surface area contributed by atoms with E-state index in [1.807, 2.05) is 0 Å². The Balaban J connectivity index is 1.63. The predicted octanol–water partition coefficient (Wildman–Crippen LogP) is 1.72. The molecule has 20 heavy (non-hydrogen) atoms. The van der Waals surface area contributed by atoms with Crippen LogP contribution in [0.5, 0.6) is 0 Å².